The van der Waals surface area contributed by atoms with Crippen molar-refractivity contribution in [3.05, 3.63) is 54.1 Å². The molecule has 2 aromatic rings. The van der Waals surface area contributed by atoms with Crippen LogP contribution in [0.25, 0.3) is 0 Å². The fourth-order valence-corrected chi connectivity index (χ4v) is 4.62. The number of fused-ring (bicyclic) bond motifs is 1. The summed E-state index contributed by atoms with van der Waals surface area (Å²) in [6.07, 6.45) is 2.56. The molecule has 0 fully saturated rings. The molecule has 1 aliphatic rings. The van der Waals surface area contributed by atoms with Gasteiger partial charge in [-0.25, -0.2) is 4.21 Å². The van der Waals surface area contributed by atoms with Gasteiger partial charge in [0.05, 0.1) is 29.7 Å². The Labute approximate surface area is 156 Å². The van der Waals surface area contributed by atoms with Crippen LogP contribution in [0.5, 0.6) is 5.75 Å². The molecule has 6 heteroatoms. The highest BCUT2D eigenvalue weighted by molar-refractivity contribution is 7.86. The molecule has 138 valence electrons. The number of hydrogen-bond acceptors (Lipinski definition) is 3. The van der Waals surface area contributed by atoms with Gasteiger partial charge in [0.15, 0.2) is 11.0 Å². The van der Waals surface area contributed by atoms with E-state index in [4.69, 9.17) is 4.74 Å². The van der Waals surface area contributed by atoms with E-state index in [-0.39, 0.29) is 12.5 Å². The third kappa shape index (κ3) is 4.07. The zero-order chi connectivity index (χ0) is 18.5. The van der Waals surface area contributed by atoms with Gasteiger partial charge < -0.3 is 9.84 Å². The van der Waals surface area contributed by atoms with Crippen LogP contribution >= 0.6 is 0 Å². The second kappa shape index (κ2) is 8.36. The maximum absolute atomic E-state index is 13.1. The molecule has 0 aromatic heterocycles. The molecule has 0 spiro atoms. The minimum Gasteiger partial charge on any atom is -0.494 e. The van der Waals surface area contributed by atoms with Crippen molar-refractivity contribution < 1.29 is 18.8 Å². The lowest BCUT2D eigenvalue weighted by Gasteiger charge is -2.36. The Morgan fingerprint density at radius 3 is 2.65 bits per heavy atom. The average Bonchev–Trinajstić information content (AvgIpc) is 2.63. The first kappa shape index (κ1) is 18.5. The zero-order valence-electron chi connectivity index (χ0n) is 14.8. The van der Waals surface area contributed by atoms with Gasteiger partial charge in [0.25, 0.3) is 0 Å². The van der Waals surface area contributed by atoms with Crippen LogP contribution in [0, 0.1) is 0 Å². The van der Waals surface area contributed by atoms with Gasteiger partial charge in [0.2, 0.25) is 0 Å². The predicted octanol–water partition coefficient (Wildman–Crippen LogP) is 3.79. The first-order valence-electron chi connectivity index (χ1n) is 8.84. The van der Waals surface area contributed by atoms with Crippen molar-refractivity contribution in [2.75, 3.05) is 10.9 Å². The SMILES string of the molecule is CCCCOc1ccc(N2C(CC(=O)O)Cc3ccccc3S2=O)cc1. The molecule has 2 unspecified atom stereocenters. The molecule has 1 aliphatic heterocycles. The van der Waals surface area contributed by atoms with Gasteiger partial charge in [-0.2, -0.15) is 0 Å². The average molecular weight is 373 g/mol. The highest BCUT2D eigenvalue weighted by Crippen LogP contribution is 2.33. The molecule has 2 atom stereocenters. The summed E-state index contributed by atoms with van der Waals surface area (Å²) in [5.74, 6) is -0.129. The number of nitrogens with zero attached hydrogens (tertiary/aromatic N) is 1. The highest BCUT2D eigenvalue weighted by Gasteiger charge is 2.33. The number of carboxylic acid groups (broad SMARTS) is 1. The molecule has 0 saturated heterocycles. The summed E-state index contributed by atoms with van der Waals surface area (Å²) in [7, 11) is -1.43. The number of carboxylic acids is 1. The van der Waals surface area contributed by atoms with Crippen LogP contribution in [0.2, 0.25) is 0 Å². The Balaban J connectivity index is 1.87. The molecule has 0 bridgehead atoms. The van der Waals surface area contributed by atoms with Crippen LogP contribution in [0.1, 0.15) is 31.7 Å². The Kier molecular flexibility index (Phi) is 5.93. The fraction of sp³-hybridized carbons (Fsp3) is 0.350. The van der Waals surface area contributed by atoms with Gasteiger partial charge in [0, 0.05) is 0 Å². The van der Waals surface area contributed by atoms with Crippen LogP contribution in [0.15, 0.2) is 53.4 Å². The van der Waals surface area contributed by atoms with Crippen LogP contribution in [0.3, 0.4) is 0 Å². The maximum atomic E-state index is 13.1. The first-order chi connectivity index (χ1) is 12.6. The zero-order valence-corrected chi connectivity index (χ0v) is 15.6. The Morgan fingerprint density at radius 1 is 1.23 bits per heavy atom. The van der Waals surface area contributed by atoms with E-state index in [1.54, 1.807) is 4.31 Å². The Morgan fingerprint density at radius 2 is 1.96 bits per heavy atom. The van der Waals surface area contributed by atoms with Crippen LogP contribution < -0.4 is 9.04 Å². The summed E-state index contributed by atoms with van der Waals surface area (Å²) in [6, 6.07) is 14.6. The third-order valence-electron chi connectivity index (χ3n) is 4.39. The number of rotatable bonds is 7. The quantitative estimate of drug-likeness (QED) is 0.750. The van der Waals surface area contributed by atoms with Crippen molar-refractivity contribution in [2.45, 2.75) is 43.5 Å². The summed E-state index contributed by atoms with van der Waals surface area (Å²) >= 11 is 0. The van der Waals surface area contributed by atoms with Crippen LogP contribution in [0.4, 0.5) is 5.69 Å². The van der Waals surface area contributed by atoms with Crippen molar-refractivity contribution in [2.24, 2.45) is 0 Å². The van der Waals surface area contributed by atoms with E-state index >= 15 is 0 Å². The summed E-state index contributed by atoms with van der Waals surface area (Å²) in [5.41, 5.74) is 1.69. The lowest BCUT2D eigenvalue weighted by atomic mass is 10.0. The van der Waals surface area contributed by atoms with E-state index in [0.29, 0.717) is 13.0 Å². The summed E-state index contributed by atoms with van der Waals surface area (Å²) in [5, 5.41) is 9.28. The highest BCUT2D eigenvalue weighted by atomic mass is 32.2. The monoisotopic (exact) mass is 373 g/mol. The molecule has 2 aromatic carbocycles. The third-order valence-corrected chi connectivity index (χ3v) is 6.04. The van der Waals surface area contributed by atoms with Crippen molar-refractivity contribution in [1.29, 1.82) is 0 Å². The first-order valence-corrected chi connectivity index (χ1v) is 9.94. The van der Waals surface area contributed by atoms with Gasteiger partial charge >= 0.3 is 5.97 Å². The van der Waals surface area contributed by atoms with Crippen molar-refractivity contribution in [1.82, 2.24) is 0 Å². The minimum atomic E-state index is -1.43. The number of aliphatic carboxylic acids is 1. The number of anilines is 1. The van der Waals surface area contributed by atoms with Gasteiger partial charge in [-0.3, -0.25) is 9.10 Å². The number of carbonyl (C=O) groups is 1. The summed E-state index contributed by atoms with van der Waals surface area (Å²) in [4.78, 5) is 12.1. The van der Waals surface area contributed by atoms with Gasteiger partial charge in [0.1, 0.15) is 5.75 Å². The van der Waals surface area contributed by atoms with Crippen molar-refractivity contribution in [3.63, 3.8) is 0 Å². The van der Waals surface area contributed by atoms with Gasteiger partial charge in [-0.1, -0.05) is 31.5 Å². The summed E-state index contributed by atoms with van der Waals surface area (Å²) < 4.78 is 20.5. The number of hydrogen-bond donors (Lipinski definition) is 1. The molecule has 26 heavy (non-hydrogen) atoms. The van der Waals surface area contributed by atoms with Gasteiger partial charge in [-0.15, -0.1) is 0 Å². The van der Waals surface area contributed by atoms with E-state index in [2.05, 4.69) is 6.92 Å². The molecule has 1 heterocycles. The molecule has 3 rings (SSSR count). The summed E-state index contributed by atoms with van der Waals surface area (Å²) in [6.45, 7) is 2.78. The topological polar surface area (TPSA) is 66.8 Å². The molecule has 0 aliphatic carbocycles. The lowest BCUT2D eigenvalue weighted by molar-refractivity contribution is -0.137. The van der Waals surface area contributed by atoms with E-state index in [9.17, 15) is 14.1 Å². The molecule has 1 N–H and O–H groups in total. The molecule has 0 amide bonds. The molecule has 0 saturated carbocycles. The Bertz CT molecular complexity index is 791. The maximum Gasteiger partial charge on any atom is 0.305 e. The molecular formula is C20H23NO4S. The Hall–Kier alpha value is -2.34. The van der Waals surface area contributed by atoms with Crippen molar-refractivity contribution >= 4 is 22.6 Å². The molecular weight excluding hydrogens is 350 g/mol. The predicted molar refractivity (Wildman–Crippen MR) is 102 cm³/mol. The minimum absolute atomic E-state index is 0.0607. The van der Waals surface area contributed by atoms with E-state index < -0.39 is 17.0 Å². The second-order valence-corrected chi connectivity index (χ2v) is 7.67. The van der Waals surface area contributed by atoms with Gasteiger partial charge in [-0.05, 0) is 48.7 Å². The molecule has 0 radical (unpaired) electrons. The van der Waals surface area contributed by atoms with Crippen LogP contribution in [-0.4, -0.2) is 27.9 Å². The number of ether oxygens (including phenoxy) is 1. The smallest absolute Gasteiger partial charge is 0.305 e. The number of benzene rings is 2. The molecule has 5 nitrogen and oxygen atoms in total. The van der Waals surface area contributed by atoms with Crippen molar-refractivity contribution in [3.8, 4) is 5.75 Å². The normalized spacial score (nSPS) is 19.0. The fourth-order valence-electron chi connectivity index (χ4n) is 3.11. The lowest BCUT2D eigenvalue weighted by Crippen LogP contribution is -2.43. The van der Waals surface area contributed by atoms with E-state index in [1.165, 1.54) is 0 Å². The standard InChI is InChI=1S/C20H23NO4S/c1-2-3-12-25-18-10-8-16(9-11-18)21-17(14-20(22)23)13-15-6-4-5-7-19(15)26(21)24/h4-11,17H,2-3,12-14H2,1H3,(H,22,23). The van der Waals surface area contributed by atoms with E-state index in [1.807, 2.05) is 48.5 Å². The number of unbranched alkanes of at least 4 members (excludes halogenated alkanes) is 1. The van der Waals surface area contributed by atoms with Crippen LogP contribution in [-0.2, 0) is 22.2 Å². The largest absolute Gasteiger partial charge is 0.494 e. The van der Waals surface area contributed by atoms with E-state index in [0.717, 1.165) is 34.7 Å². The second-order valence-electron chi connectivity index (χ2n) is 6.33.